The summed E-state index contributed by atoms with van der Waals surface area (Å²) in [7, 11) is 0. The fourth-order valence-electron chi connectivity index (χ4n) is 1.97. The Bertz CT molecular complexity index is 436. The van der Waals surface area contributed by atoms with Gasteiger partial charge in [-0.05, 0) is 25.3 Å². The Kier molecular flexibility index (Phi) is 3.94. The Morgan fingerprint density at radius 2 is 1.88 bits per heavy atom. The van der Waals surface area contributed by atoms with Crippen molar-refractivity contribution in [2.24, 2.45) is 0 Å². The number of para-hydroxylation sites is 1. The molecule has 0 amide bonds. The molecule has 0 atom stereocenters. The molecule has 1 aromatic carbocycles. The van der Waals surface area contributed by atoms with E-state index in [-0.39, 0.29) is 0 Å². The molecule has 0 fully saturated rings. The van der Waals surface area contributed by atoms with Crippen molar-refractivity contribution < 1.29 is 5.11 Å². The second kappa shape index (κ2) is 5.66. The zero-order valence-corrected chi connectivity index (χ0v) is 9.45. The number of aryl methyl sites for hydroxylation is 1. The quantitative estimate of drug-likeness (QED) is 0.732. The van der Waals surface area contributed by atoms with E-state index in [1.807, 2.05) is 12.1 Å². The van der Waals surface area contributed by atoms with Crippen LogP contribution in [0.3, 0.4) is 0 Å². The zero-order chi connectivity index (χ0) is 11.2. The molecule has 0 radical (unpaired) electrons. The van der Waals surface area contributed by atoms with Crippen LogP contribution in [-0.2, 0) is 6.42 Å². The first-order valence-electron chi connectivity index (χ1n) is 5.94. The van der Waals surface area contributed by atoms with Gasteiger partial charge in [0.15, 0.2) is 0 Å². The number of aliphatic hydroxyl groups is 1. The van der Waals surface area contributed by atoms with E-state index >= 15 is 0 Å². The summed E-state index contributed by atoms with van der Waals surface area (Å²) in [5.74, 6) is 0. The summed E-state index contributed by atoms with van der Waals surface area (Å²) in [5, 5.41) is 17.3. The van der Waals surface area contributed by atoms with Gasteiger partial charge < -0.3 is 5.11 Å². The van der Waals surface area contributed by atoms with Gasteiger partial charge in [0.25, 0.3) is 0 Å². The summed E-state index contributed by atoms with van der Waals surface area (Å²) in [6.45, 7) is 0.311. The molecular weight excluding hydrogens is 200 g/mol. The lowest BCUT2D eigenvalue weighted by atomic mass is 10.1. The molecule has 0 saturated carbocycles. The minimum absolute atomic E-state index is 0.311. The van der Waals surface area contributed by atoms with Crippen molar-refractivity contribution in [2.75, 3.05) is 6.61 Å². The van der Waals surface area contributed by atoms with Gasteiger partial charge in [0.1, 0.15) is 0 Å². The predicted octanol–water partition coefficient (Wildman–Crippen LogP) is 2.66. The zero-order valence-electron chi connectivity index (χ0n) is 9.45. The number of rotatable bonds is 6. The van der Waals surface area contributed by atoms with Crippen LogP contribution in [0.4, 0.5) is 0 Å². The van der Waals surface area contributed by atoms with E-state index in [1.165, 1.54) is 17.5 Å². The Labute approximate surface area is 95.5 Å². The summed E-state index contributed by atoms with van der Waals surface area (Å²) in [6, 6.07) is 8.23. The molecule has 0 unspecified atom stereocenters. The van der Waals surface area contributed by atoms with Gasteiger partial charge in [-0.1, -0.05) is 31.0 Å². The number of aromatic nitrogens is 2. The van der Waals surface area contributed by atoms with Crippen LogP contribution in [0, 0.1) is 0 Å². The second-order valence-electron chi connectivity index (χ2n) is 4.10. The average molecular weight is 218 g/mol. The molecule has 0 aliphatic heterocycles. The Hall–Kier alpha value is -1.35. The molecule has 0 bridgehead atoms. The van der Waals surface area contributed by atoms with Gasteiger partial charge in [0.2, 0.25) is 0 Å². The summed E-state index contributed by atoms with van der Waals surface area (Å²) in [4.78, 5) is 0. The highest BCUT2D eigenvalue weighted by molar-refractivity contribution is 5.81. The molecule has 16 heavy (non-hydrogen) atoms. The van der Waals surface area contributed by atoms with Gasteiger partial charge in [-0.2, -0.15) is 5.10 Å². The first-order chi connectivity index (χ1) is 7.92. The molecule has 0 aliphatic rings. The predicted molar refractivity (Wildman–Crippen MR) is 65.4 cm³/mol. The van der Waals surface area contributed by atoms with Crippen LogP contribution in [0.2, 0.25) is 0 Å². The molecule has 1 heterocycles. The van der Waals surface area contributed by atoms with Gasteiger partial charge in [0.05, 0.1) is 11.2 Å². The Morgan fingerprint density at radius 1 is 1.06 bits per heavy atom. The molecule has 2 N–H and O–H groups in total. The van der Waals surface area contributed by atoms with Crippen molar-refractivity contribution in [1.29, 1.82) is 0 Å². The number of fused-ring (bicyclic) bond motifs is 1. The Balaban J connectivity index is 1.89. The smallest absolute Gasteiger partial charge is 0.0700 e. The van der Waals surface area contributed by atoms with Gasteiger partial charge in [-0.25, -0.2) is 0 Å². The van der Waals surface area contributed by atoms with Crippen LogP contribution in [0.5, 0.6) is 0 Å². The largest absolute Gasteiger partial charge is 0.396 e. The maximum atomic E-state index is 8.67. The van der Waals surface area contributed by atoms with Crippen molar-refractivity contribution in [3.63, 3.8) is 0 Å². The van der Waals surface area contributed by atoms with Gasteiger partial charge >= 0.3 is 0 Å². The van der Waals surface area contributed by atoms with Crippen LogP contribution < -0.4 is 0 Å². The number of nitrogens with zero attached hydrogens (tertiary/aromatic N) is 1. The number of nitrogens with one attached hydrogen (secondary N) is 1. The number of H-pyrrole nitrogens is 1. The van der Waals surface area contributed by atoms with Gasteiger partial charge in [-0.3, -0.25) is 5.10 Å². The van der Waals surface area contributed by atoms with Gasteiger partial charge in [0, 0.05) is 12.0 Å². The summed E-state index contributed by atoms with van der Waals surface area (Å²) in [5.41, 5.74) is 2.28. The fourth-order valence-corrected chi connectivity index (χ4v) is 1.97. The van der Waals surface area contributed by atoms with Gasteiger partial charge in [-0.15, -0.1) is 0 Å². The number of benzene rings is 1. The topological polar surface area (TPSA) is 48.9 Å². The first kappa shape index (κ1) is 11.1. The number of unbranched alkanes of at least 4 members (excludes halogenated alkanes) is 3. The highest BCUT2D eigenvalue weighted by Crippen LogP contribution is 2.17. The number of hydrogen-bond donors (Lipinski definition) is 2. The van der Waals surface area contributed by atoms with Crippen LogP contribution in [0.25, 0.3) is 10.9 Å². The molecule has 3 heteroatoms. The van der Waals surface area contributed by atoms with Crippen LogP contribution in [-0.4, -0.2) is 21.9 Å². The van der Waals surface area contributed by atoms with E-state index in [4.69, 9.17) is 5.11 Å². The minimum atomic E-state index is 0.311. The lowest BCUT2D eigenvalue weighted by Gasteiger charge is -1.98. The molecule has 1 aromatic heterocycles. The maximum absolute atomic E-state index is 8.67. The molecule has 0 aliphatic carbocycles. The molecule has 3 nitrogen and oxygen atoms in total. The van der Waals surface area contributed by atoms with Crippen molar-refractivity contribution in [3.05, 3.63) is 30.0 Å². The van der Waals surface area contributed by atoms with Crippen molar-refractivity contribution in [2.45, 2.75) is 32.1 Å². The molecule has 0 spiro atoms. The summed E-state index contributed by atoms with van der Waals surface area (Å²) < 4.78 is 0. The summed E-state index contributed by atoms with van der Waals surface area (Å²) >= 11 is 0. The molecular formula is C13H18N2O. The standard InChI is InChI=1S/C13H18N2O/c16-10-6-2-1-3-8-12-11-7-4-5-9-13(11)15-14-12/h4-5,7,9,16H,1-3,6,8,10H2,(H,14,15). The third-order valence-electron chi connectivity index (χ3n) is 2.87. The monoisotopic (exact) mass is 218 g/mol. The highest BCUT2D eigenvalue weighted by Gasteiger charge is 2.03. The SMILES string of the molecule is OCCCCCCc1n[nH]c2ccccc12. The first-order valence-corrected chi connectivity index (χ1v) is 5.94. The van der Waals surface area contributed by atoms with Crippen molar-refractivity contribution >= 4 is 10.9 Å². The van der Waals surface area contributed by atoms with E-state index in [9.17, 15) is 0 Å². The van der Waals surface area contributed by atoms with Crippen LogP contribution in [0.15, 0.2) is 24.3 Å². The fraction of sp³-hybridized carbons (Fsp3) is 0.462. The lowest BCUT2D eigenvalue weighted by Crippen LogP contribution is -1.88. The third kappa shape index (κ3) is 2.61. The molecule has 2 rings (SSSR count). The number of hydrogen-bond acceptors (Lipinski definition) is 2. The van der Waals surface area contributed by atoms with E-state index in [0.29, 0.717) is 6.61 Å². The van der Waals surface area contributed by atoms with Crippen LogP contribution >= 0.6 is 0 Å². The molecule has 0 saturated heterocycles. The van der Waals surface area contributed by atoms with E-state index in [1.54, 1.807) is 0 Å². The van der Waals surface area contributed by atoms with Crippen molar-refractivity contribution in [1.82, 2.24) is 10.2 Å². The second-order valence-corrected chi connectivity index (χ2v) is 4.10. The number of aromatic amines is 1. The van der Waals surface area contributed by atoms with Crippen molar-refractivity contribution in [3.8, 4) is 0 Å². The summed E-state index contributed by atoms with van der Waals surface area (Å²) in [6.07, 6.45) is 5.37. The molecule has 2 aromatic rings. The van der Waals surface area contributed by atoms with E-state index < -0.39 is 0 Å². The maximum Gasteiger partial charge on any atom is 0.0700 e. The third-order valence-corrected chi connectivity index (χ3v) is 2.87. The van der Waals surface area contributed by atoms with E-state index in [0.717, 1.165) is 31.2 Å². The van der Waals surface area contributed by atoms with Crippen LogP contribution in [0.1, 0.15) is 31.4 Å². The minimum Gasteiger partial charge on any atom is -0.396 e. The normalized spacial score (nSPS) is 11.1. The number of aliphatic hydroxyl groups excluding tert-OH is 1. The molecule has 86 valence electrons. The lowest BCUT2D eigenvalue weighted by molar-refractivity contribution is 0.282. The van der Waals surface area contributed by atoms with E-state index in [2.05, 4.69) is 22.3 Å². The Morgan fingerprint density at radius 3 is 2.75 bits per heavy atom. The average Bonchev–Trinajstić information content (AvgIpc) is 2.73. The highest BCUT2D eigenvalue weighted by atomic mass is 16.2.